The summed E-state index contributed by atoms with van der Waals surface area (Å²) >= 11 is 0. The molecule has 1 aliphatic heterocycles. The van der Waals surface area contributed by atoms with Gasteiger partial charge >= 0.3 is 0 Å². The lowest BCUT2D eigenvalue weighted by Gasteiger charge is -2.15. The molecule has 0 atom stereocenters. The molecule has 5 heteroatoms. The molecule has 5 rings (SSSR count). The number of carbonyl (C=O) groups excluding carboxylic acids is 2. The molecule has 0 bridgehead atoms. The van der Waals surface area contributed by atoms with Crippen LogP contribution in [0.5, 0.6) is 11.5 Å². The molecule has 0 saturated carbocycles. The average Bonchev–Trinajstić information content (AvgIpc) is 3.20. The Balaban J connectivity index is 1.51. The van der Waals surface area contributed by atoms with Crippen LogP contribution in [0.2, 0.25) is 0 Å². The summed E-state index contributed by atoms with van der Waals surface area (Å²) in [7, 11) is 3.25. The Labute approximate surface area is 215 Å². The number of ether oxygens (including phenoxy) is 3. The second kappa shape index (κ2) is 10.4. The van der Waals surface area contributed by atoms with Gasteiger partial charge in [-0.2, -0.15) is 0 Å². The number of allylic oxidation sites excluding steroid dienone is 6. The molecule has 0 fully saturated rings. The quantitative estimate of drug-likeness (QED) is 0.289. The van der Waals surface area contributed by atoms with Crippen molar-refractivity contribution < 1.29 is 23.8 Å². The molecule has 182 valence electrons. The number of Topliss-reactive ketones (excluding diaryl/α,β-unsaturated/α-hetero) is 2. The highest BCUT2D eigenvalue weighted by Crippen LogP contribution is 2.33. The molecule has 0 radical (unpaired) electrons. The molecular weight excluding hydrogens is 464 g/mol. The van der Waals surface area contributed by atoms with E-state index in [4.69, 9.17) is 14.2 Å². The van der Waals surface area contributed by atoms with Gasteiger partial charge in [0.15, 0.2) is 11.6 Å². The smallest absolute Gasteiger partial charge is 0.198 e. The highest BCUT2D eigenvalue weighted by Gasteiger charge is 2.35. The maximum atomic E-state index is 13.2. The van der Waals surface area contributed by atoms with Gasteiger partial charge in [-0.25, -0.2) is 0 Å². The van der Waals surface area contributed by atoms with Crippen molar-refractivity contribution in [3.8, 4) is 11.5 Å². The monoisotopic (exact) mass is 488 g/mol. The Morgan fingerprint density at radius 2 is 1.03 bits per heavy atom. The van der Waals surface area contributed by atoms with Gasteiger partial charge in [-0.05, 0) is 65.3 Å². The lowest BCUT2D eigenvalue weighted by Crippen LogP contribution is -2.07. The molecular formula is C32H24O5. The van der Waals surface area contributed by atoms with Gasteiger partial charge in [-0.3, -0.25) is 9.59 Å². The molecule has 0 N–H and O–H groups in total. The van der Waals surface area contributed by atoms with E-state index in [0.29, 0.717) is 28.2 Å². The third kappa shape index (κ3) is 5.07. The van der Waals surface area contributed by atoms with Crippen molar-refractivity contribution in [3.63, 3.8) is 0 Å². The van der Waals surface area contributed by atoms with Crippen LogP contribution in [-0.2, 0) is 4.74 Å². The number of methoxy groups -OCH3 is 2. The summed E-state index contributed by atoms with van der Waals surface area (Å²) in [6.07, 6.45) is 10.9. The first-order chi connectivity index (χ1) is 18.1. The first-order valence-corrected chi connectivity index (χ1v) is 11.7. The third-order valence-corrected chi connectivity index (χ3v) is 6.10. The minimum Gasteiger partial charge on any atom is -0.497 e. The minimum absolute atomic E-state index is 0.148. The summed E-state index contributed by atoms with van der Waals surface area (Å²) in [5, 5.41) is 0. The largest absolute Gasteiger partial charge is 0.497 e. The van der Waals surface area contributed by atoms with E-state index >= 15 is 0 Å². The van der Waals surface area contributed by atoms with Gasteiger partial charge in [0.1, 0.15) is 23.0 Å². The Bertz CT molecular complexity index is 1400. The molecule has 0 saturated heterocycles. The zero-order valence-corrected chi connectivity index (χ0v) is 20.4. The summed E-state index contributed by atoms with van der Waals surface area (Å²) in [4.78, 5) is 26.3. The summed E-state index contributed by atoms with van der Waals surface area (Å²) in [5.74, 6) is 2.00. The Kier molecular flexibility index (Phi) is 6.68. The van der Waals surface area contributed by atoms with Crippen molar-refractivity contribution in [2.75, 3.05) is 14.2 Å². The van der Waals surface area contributed by atoms with E-state index < -0.39 is 0 Å². The normalized spacial score (nSPS) is 15.1. The molecule has 5 nitrogen and oxygen atoms in total. The van der Waals surface area contributed by atoms with Crippen LogP contribution in [0.15, 0.2) is 120 Å². The minimum atomic E-state index is -0.276. The van der Waals surface area contributed by atoms with E-state index in [9.17, 15) is 9.59 Å². The van der Waals surface area contributed by atoms with E-state index in [0.717, 1.165) is 22.6 Å². The molecule has 0 unspecified atom stereocenters. The second-order valence-electron chi connectivity index (χ2n) is 8.44. The number of rotatable bonds is 6. The van der Waals surface area contributed by atoms with Crippen LogP contribution in [0, 0.1) is 0 Å². The molecule has 0 amide bonds. The van der Waals surface area contributed by atoms with Gasteiger partial charge in [-0.1, -0.05) is 60.7 Å². The van der Waals surface area contributed by atoms with Crippen LogP contribution in [0.3, 0.4) is 0 Å². The molecule has 1 heterocycles. The van der Waals surface area contributed by atoms with Crippen molar-refractivity contribution in [1.82, 2.24) is 0 Å². The number of fused-ring (bicyclic) bond motifs is 1. The van der Waals surface area contributed by atoms with Gasteiger partial charge in [0, 0.05) is 11.1 Å². The lowest BCUT2D eigenvalue weighted by atomic mass is 10.00. The van der Waals surface area contributed by atoms with Gasteiger partial charge in [-0.15, -0.1) is 0 Å². The van der Waals surface area contributed by atoms with Crippen molar-refractivity contribution >= 4 is 23.7 Å². The lowest BCUT2D eigenvalue weighted by molar-refractivity contribution is 0.0988. The van der Waals surface area contributed by atoms with Crippen LogP contribution < -0.4 is 9.47 Å². The van der Waals surface area contributed by atoms with Crippen molar-refractivity contribution in [2.45, 2.75) is 0 Å². The maximum absolute atomic E-state index is 13.2. The van der Waals surface area contributed by atoms with E-state index in [-0.39, 0.29) is 17.1 Å². The van der Waals surface area contributed by atoms with Gasteiger partial charge in [0.05, 0.1) is 19.8 Å². The second-order valence-corrected chi connectivity index (χ2v) is 8.44. The fraction of sp³-hybridized carbons (Fsp3) is 0.0625. The van der Waals surface area contributed by atoms with Crippen molar-refractivity contribution in [3.05, 3.63) is 142 Å². The fourth-order valence-corrected chi connectivity index (χ4v) is 4.15. The number of hydrogen-bond donors (Lipinski definition) is 0. The first kappa shape index (κ1) is 23.8. The third-order valence-electron chi connectivity index (χ3n) is 6.10. The number of carbonyl (C=O) groups is 2. The molecule has 37 heavy (non-hydrogen) atoms. The molecule has 0 aromatic heterocycles. The number of benzene rings is 3. The van der Waals surface area contributed by atoms with E-state index in [1.807, 2.05) is 72.8 Å². The molecule has 1 aliphatic carbocycles. The summed E-state index contributed by atoms with van der Waals surface area (Å²) < 4.78 is 16.5. The van der Waals surface area contributed by atoms with E-state index in [1.165, 1.54) is 0 Å². The summed E-state index contributed by atoms with van der Waals surface area (Å²) in [6, 6.07) is 22.1. The Hall–Kier alpha value is -4.90. The zero-order valence-electron chi connectivity index (χ0n) is 20.4. The van der Waals surface area contributed by atoms with E-state index in [2.05, 4.69) is 0 Å². The predicted molar refractivity (Wildman–Crippen MR) is 143 cm³/mol. The maximum Gasteiger partial charge on any atom is 0.198 e. The summed E-state index contributed by atoms with van der Waals surface area (Å²) in [6.45, 7) is 0. The number of ketones is 2. The van der Waals surface area contributed by atoms with Gasteiger partial charge < -0.3 is 14.2 Å². The molecule has 0 spiro atoms. The first-order valence-electron chi connectivity index (χ1n) is 11.7. The number of hydrogen-bond acceptors (Lipinski definition) is 5. The average molecular weight is 489 g/mol. The zero-order chi connectivity index (χ0) is 25.8. The predicted octanol–water partition coefficient (Wildman–Crippen LogP) is 6.60. The van der Waals surface area contributed by atoms with Crippen LogP contribution in [0.4, 0.5) is 0 Å². The molecule has 2 aliphatic rings. The van der Waals surface area contributed by atoms with Crippen LogP contribution in [0.25, 0.3) is 12.2 Å². The molecule has 3 aromatic carbocycles. The van der Waals surface area contributed by atoms with Crippen LogP contribution in [-0.4, -0.2) is 25.8 Å². The van der Waals surface area contributed by atoms with E-state index in [1.54, 1.807) is 50.6 Å². The Morgan fingerprint density at radius 1 is 0.595 bits per heavy atom. The summed E-state index contributed by atoms with van der Waals surface area (Å²) in [5.41, 5.74) is 3.41. The fourth-order valence-electron chi connectivity index (χ4n) is 4.15. The SMILES string of the molecule is COc1ccc(/C=C/C2=CC(=C3C(=O)c4ccccc4C3=O)C=C(/C=C/c3ccc(OC)cc3)O2)cc1. The van der Waals surface area contributed by atoms with Crippen molar-refractivity contribution in [1.29, 1.82) is 0 Å². The van der Waals surface area contributed by atoms with Crippen molar-refractivity contribution in [2.24, 2.45) is 0 Å². The standard InChI is InChI=1S/C32H24O5/c1-35-24-13-7-21(8-14-24)11-17-26-19-23(30-31(33)28-5-3-4-6-29(28)32(30)34)20-27(37-26)18-12-22-9-15-25(36-2)16-10-22/h3-20H,1-2H3/b17-11+,18-12+. The van der Waals surface area contributed by atoms with Crippen LogP contribution in [0.1, 0.15) is 31.8 Å². The highest BCUT2D eigenvalue weighted by atomic mass is 16.5. The van der Waals surface area contributed by atoms with Crippen LogP contribution >= 0.6 is 0 Å². The molecule has 3 aromatic rings. The van der Waals surface area contributed by atoms with Gasteiger partial charge in [0.25, 0.3) is 0 Å². The Morgan fingerprint density at radius 3 is 1.43 bits per heavy atom. The highest BCUT2D eigenvalue weighted by molar-refractivity contribution is 6.40. The topological polar surface area (TPSA) is 61.8 Å². The van der Waals surface area contributed by atoms with Gasteiger partial charge in [0.2, 0.25) is 0 Å².